The molecule has 172 valence electrons. The van der Waals surface area contributed by atoms with E-state index in [1.54, 1.807) is 12.1 Å². The van der Waals surface area contributed by atoms with Crippen LogP contribution in [0.1, 0.15) is 0 Å². The maximum Gasteiger partial charge on any atom is 0.115 e. The molecule has 0 bridgehead atoms. The number of aromatic hydroxyl groups is 1. The van der Waals surface area contributed by atoms with Gasteiger partial charge < -0.3 is 26.4 Å². The predicted octanol–water partition coefficient (Wildman–Crippen LogP) is 8.37. The summed E-state index contributed by atoms with van der Waals surface area (Å²) in [4.78, 5) is 0. The van der Waals surface area contributed by atoms with Crippen molar-refractivity contribution in [2.45, 2.75) is 0 Å². The van der Waals surface area contributed by atoms with Crippen molar-refractivity contribution < 1.29 is 5.11 Å². The summed E-state index contributed by atoms with van der Waals surface area (Å²) in [7, 11) is 0. The van der Waals surface area contributed by atoms with Crippen LogP contribution in [0.4, 0.5) is 45.5 Å². The summed E-state index contributed by atoms with van der Waals surface area (Å²) in [6.45, 7) is 0. The molecule has 0 aliphatic heterocycles. The number of para-hydroxylation sites is 1. The van der Waals surface area contributed by atoms with Crippen molar-refractivity contribution in [3.05, 3.63) is 127 Å². The van der Waals surface area contributed by atoms with Crippen molar-refractivity contribution in [1.82, 2.24) is 0 Å². The van der Waals surface area contributed by atoms with Crippen LogP contribution in [-0.2, 0) is 0 Å². The number of nitrogens with one attached hydrogen (secondary N) is 4. The van der Waals surface area contributed by atoms with Gasteiger partial charge in [0.05, 0.1) is 0 Å². The SMILES string of the molecule is Oc1ccc(Nc2ccc(Nc3ccc(Nc4ccc(Nc5ccccc5)cc4)cc3)cc2)cc1. The first-order chi connectivity index (χ1) is 17.2. The molecule has 0 unspecified atom stereocenters. The van der Waals surface area contributed by atoms with E-state index >= 15 is 0 Å². The van der Waals surface area contributed by atoms with Crippen LogP contribution in [0.15, 0.2) is 127 Å². The van der Waals surface area contributed by atoms with Gasteiger partial charge in [0, 0.05) is 45.5 Å². The molecule has 5 heteroatoms. The number of rotatable bonds is 8. The van der Waals surface area contributed by atoms with Gasteiger partial charge in [0.2, 0.25) is 0 Å². The molecule has 5 rings (SSSR count). The Morgan fingerprint density at radius 1 is 0.286 bits per heavy atom. The van der Waals surface area contributed by atoms with Gasteiger partial charge in [-0.25, -0.2) is 0 Å². The molecule has 0 saturated heterocycles. The average molecular weight is 459 g/mol. The molecule has 0 amide bonds. The highest BCUT2D eigenvalue weighted by Crippen LogP contribution is 2.25. The molecule has 0 aromatic heterocycles. The standard InChI is InChI=1S/C30H26N4O/c35-30-20-18-29(19-21-30)34-28-16-14-27(15-17-28)33-26-12-10-25(11-13-26)32-24-8-6-23(7-9-24)31-22-4-2-1-3-5-22/h1-21,31-35H. The lowest BCUT2D eigenvalue weighted by molar-refractivity contribution is 0.475. The molecule has 35 heavy (non-hydrogen) atoms. The second kappa shape index (κ2) is 10.4. The molecule has 0 saturated carbocycles. The van der Waals surface area contributed by atoms with E-state index in [-0.39, 0.29) is 5.75 Å². The van der Waals surface area contributed by atoms with Crippen LogP contribution in [0.5, 0.6) is 5.75 Å². The second-order valence-corrected chi connectivity index (χ2v) is 8.14. The molecule has 0 fully saturated rings. The Morgan fingerprint density at radius 2 is 0.514 bits per heavy atom. The van der Waals surface area contributed by atoms with E-state index in [0.29, 0.717) is 0 Å². The van der Waals surface area contributed by atoms with Crippen LogP contribution >= 0.6 is 0 Å². The lowest BCUT2D eigenvalue weighted by Gasteiger charge is -2.12. The zero-order valence-electron chi connectivity index (χ0n) is 19.1. The van der Waals surface area contributed by atoms with Gasteiger partial charge in [-0.2, -0.15) is 0 Å². The van der Waals surface area contributed by atoms with Gasteiger partial charge >= 0.3 is 0 Å². The fourth-order valence-electron chi connectivity index (χ4n) is 3.64. The first-order valence-electron chi connectivity index (χ1n) is 11.4. The minimum Gasteiger partial charge on any atom is -0.508 e. The van der Waals surface area contributed by atoms with Gasteiger partial charge in [0.15, 0.2) is 0 Å². The van der Waals surface area contributed by atoms with Crippen molar-refractivity contribution >= 4 is 45.5 Å². The molecule has 5 aromatic carbocycles. The Hall–Kier alpha value is -4.90. The monoisotopic (exact) mass is 458 g/mol. The van der Waals surface area contributed by atoms with Crippen LogP contribution in [0, 0.1) is 0 Å². The van der Waals surface area contributed by atoms with Crippen molar-refractivity contribution in [2.24, 2.45) is 0 Å². The first kappa shape index (κ1) is 21.9. The summed E-state index contributed by atoms with van der Waals surface area (Å²) in [6.07, 6.45) is 0. The van der Waals surface area contributed by atoms with Crippen LogP contribution in [0.2, 0.25) is 0 Å². The Kier molecular flexibility index (Phi) is 6.49. The van der Waals surface area contributed by atoms with Crippen molar-refractivity contribution in [3.63, 3.8) is 0 Å². The van der Waals surface area contributed by atoms with Crippen LogP contribution in [-0.4, -0.2) is 5.11 Å². The highest BCUT2D eigenvalue weighted by molar-refractivity contribution is 5.70. The summed E-state index contributed by atoms with van der Waals surface area (Å²) in [5.41, 5.74) is 8.08. The molecular formula is C30H26N4O. The maximum atomic E-state index is 9.40. The third kappa shape index (κ3) is 6.12. The summed E-state index contributed by atoms with van der Waals surface area (Å²) >= 11 is 0. The zero-order chi connectivity index (χ0) is 23.9. The minimum absolute atomic E-state index is 0.255. The fraction of sp³-hybridized carbons (Fsp3) is 0. The first-order valence-corrected chi connectivity index (χ1v) is 11.4. The highest BCUT2D eigenvalue weighted by Gasteiger charge is 2.00. The maximum absolute atomic E-state index is 9.40. The van der Waals surface area contributed by atoms with Gasteiger partial charge in [0.1, 0.15) is 5.75 Å². The van der Waals surface area contributed by atoms with E-state index in [9.17, 15) is 5.11 Å². The van der Waals surface area contributed by atoms with E-state index in [0.717, 1.165) is 45.5 Å². The van der Waals surface area contributed by atoms with Gasteiger partial charge in [-0.1, -0.05) is 18.2 Å². The number of phenolic OH excluding ortho intramolecular Hbond substituents is 1. The smallest absolute Gasteiger partial charge is 0.115 e. The lowest BCUT2D eigenvalue weighted by atomic mass is 10.2. The molecule has 0 heterocycles. The van der Waals surface area contributed by atoms with E-state index in [2.05, 4.69) is 69.8 Å². The third-order valence-corrected chi connectivity index (χ3v) is 5.45. The Balaban J connectivity index is 1.15. The Labute approximate surface area is 205 Å². The number of benzene rings is 5. The normalized spacial score (nSPS) is 10.4. The molecule has 5 aromatic rings. The van der Waals surface area contributed by atoms with Crippen LogP contribution < -0.4 is 21.3 Å². The second-order valence-electron chi connectivity index (χ2n) is 8.14. The van der Waals surface area contributed by atoms with Crippen molar-refractivity contribution in [1.29, 1.82) is 0 Å². The number of hydrogen-bond donors (Lipinski definition) is 5. The molecule has 0 spiro atoms. The van der Waals surface area contributed by atoms with Gasteiger partial charge in [-0.05, 0) is 109 Å². The van der Waals surface area contributed by atoms with Gasteiger partial charge in [-0.3, -0.25) is 0 Å². The molecule has 5 N–H and O–H groups in total. The number of anilines is 8. The lowest BCUT2D eigenvalue weighted by Crippen LogP contribution is -1.94. The zero-order valence-corrected chi connectivity index (χ0v) is 19.1. The third-order valence-electron chi connectivity index (χ3n) is 5.45. The molecular weight excluding hydrogens is 432 g/mol. The summed E-state index contributed by atoms with van der Waals surface area (Å²) in [5.74, 6) is 0.255. The van der Waals surface area contributed by atoms with E-state index in [1.807, 2.05) is 66.7 Å². The predicted molar refractivity (Wildman–Crippen MR) is 147 cm³/mol. The quantitative estimate of drug-likeness (QED) is 0.151. The minimum atomic E-state index is 0.255. The summed E-state index contributed by atoms with van der Waals surface area (Å²) in [5, 5.41) is 23.0. The molecule has 0 aliphatic carbocycles. The van der Waals surface area contributed by atoms with Gasteiger partial charge in [-0.15, -0.1) is 0 Å². The van der Waals surface area contributed by atoms with E-state index in [4.69, 9.17) is 0 Å². The highest BCUT2D eigenvalue weighted by atomic mass is 16.3. The molecule has 0 atom stereocenters. The van der Waals surface area contributed by atoms with Crippen LogP contribution in [0.3, 0.4) is 0 Å². The fourth-order valence-corrected chi connectivity index (χ4v) is 3.64. The van der Waals surface area contributed by atoms with E-state index < -0.39 is 0 Å². The molecule has 5 nitrogen and oxygen atoms in total. The van der Waals surface area contributed by atoms with Crippen molar-refractivity contribution in [2.75, 3.05) is 21.3 Å². The molecule has 0 aliphatic rings. The number of hydrogen-bond acceptors (Lipinski definition) is 5. The Bertz CT molecular complexity index is 1350. The summed E-state index contributed by atoms with van der Waals surface area (Å²) in [6, 6.07) is 41.7. The van der Waals surface area contributed by atoms with Crippen molar-refractivity contribution in [3.8, 4) is 5.75 Å². The largest absolute Gasteiger partial charge is 0.508 e. The van der Waals surface area contributed by atoms with Gasteiger partial charge in [0.25, 0.3) is 0 Å². The average Bonchev–Trinajstić information content (AvgIpc) is 2.89. The topological polar surface area (TPSA) is 68.3 Å². The summed E-state index contributed by atoms with van der Waals surface area (Å²) < 4.78 is 0. The van der Waals surface area contributed by atoms with E-state index in [1.165, 1.54) is 0 Å². The van der Waals surface area contributed by atoms with Crippen LogP contribution in [0.25, 0.3) is 0 Å². The molecule has 0 radical (unpaired) electrons. The Morgan fingerprint density at radius 3 is 0.800 bits per heavy atom. The number of phenols is 1.